The van der Waals surface area contributed by atoms with Gasteiger partial charge in [-0.25, -0.2) is 0 Å². The highest BCUT2D eigenvalue weighted by Crippen LogP contribution is 2.22. The number of esters is 1. The molecule has 1 aliphatic heterocycles. The summed E-state index contributed by atoms with van der Waals surface area (Å²) in [6.07, 6.45) is -1.20. The lowest BCUT2D eigenvalue weighted by Gasteiger charge is -2.17. The number of hydrogen-bond acceptors (Lipinski definition) is 5. The first kappa shape index (κ1) is 20.3. The number of amides is 3. The maximum atomic E-state index is 12.3. The van der Waals surface area contributed by atoms with Crippen molar-refractivity contribution in [3.05, 3.63) is 64.7 Å². The van der Waals surface area contributed by atoms with Gasteiger partial charge in [0.15, 0.2) is 6.10 Å². The van der Waals surface area contributed by atoms with Gasteiger partial charge in [0.2, 0.25) is 0 Å². The molecule has 2 aromatic carbocycles. The first-order valence-corrected chi connectivity index (χ1v) is 9.30. The first-order valence-electron chi connectivity index (χ1n) is 9.30. The molecule has 3 rings (SSSR count). The summed E-state index contributed by atoms with van der Waals surface area (Å²) >= 11 is 0. The van der Waals surface area contributed by atoms with Gasteiger partial charge in [-0.2, -0.15) is 0 Å². The summed E-state index contributed by atoms with van der Waals surface area (Å²) in [5, 5.41) is 2.74. The lowest BCUT2D eigenvalue weighted by Crippen LogP contribution is -2.34. The highest BCUT2D eigenvalue weighted by molar-refractivity contribution is 6.21. The highest BCUT2D eigenvalue weighted by atomic mass is 16.5. The fourth-order valence-corrected chi connectivity index (χ4v) is 3.06. The van der Waals surface area contributed by atoms with Crippen molar-refractivity contribution in [3.8, 4) is 0 Å². The molecule has 0 aromatic heterocycles. The van der Waals surface area contributed by atoms with Crippen molar-refractivity contribution in [1.82, 2.24) is 4.90 Å². The van der Waals surface area contributed by atoms with E-state index in [1.165, 1.54) is 6.92 Å². The van der Waals surface area contributed by atoms with Gasteiger partial charge in [-0.15, -0.1) is 0 Å². The Morgan fingerprint density at radius 1 is 1.03 bits per heavy atom. The number of benzene rings is 2. The second-order valence-corrected chi connectivity index (χ2v) is 7.00. The van der Waals surface area contributed by atoms with Crippen molar-refractivity contribution in [1.29, 1.82) is 0 Å². The number of carbonyl (C=O) groups is 4. The number of carbonyl (C=O) groups excluding carboxylic acids is 4. The third-order valence-corrected chi connectivity index (χ3v) is 4.75. The molecule has 150 valence electrons. The molecule has 0 aliphatic carbocycles. The molecule has 2 aromatic rings. The summed E-state index contributed by atoms with van der Waals surface area (Å²) in [6, 6.07) is 12.2. The molecule has 1 atom stereocenters. The minimum atomic E-state index is -1.01. The Morgan fingerprint density at radius 2 is 1.66 bits per heavy atom. The predicted molar refractivity (Wildman–Crippen MR) is 107 cm³/mol. The van der Waals surface area contributed by atoms with Gasteiger partial charge in [-0.3, -0.25) is 24.1 Å². The van der Waals surface area contributed by atoms with Crippen LogP contribution in [0, 0.1) is 13.8 Å². The maximum absolute atomic E-state index is 12.3. The van der Waals surface area contributed by atoms with Crippen LogP contribution >= 0.6 is 0 Å². The zero-order valence-corrected chi connectivity index (χ0v) is 16.5. The van der Waals surface area contributed by atoms with Crippen molar-refractivity contribution < 1.29 is 23.9 Å². The number of ether oxygens (including phenoxy) is 1. The van der Waals surface area contributed by atoms with Crippen molar-refractivity contribution in [2.24, 2.45) is 0 Å². The van der Waals surface area contributed by atoms with Crippen LogP contribution in [-0.4, -0.2) is 41.2 Å². The average molecular weight is 394 g/mol. The lowest BCUT2D eigenvalue weighted by molar-refractivity contribution is -0.153. The number of hydrogen-bond donors (Lipinski definition) is 1. The Balaban J connectivity index is 1.53. The molecule has 1 aliphatic rings. The number of nitrogens with zero attached hydrogens (tertiary/aromatic N) is 1. The first-order chi connectivity index (χ1) is 13.8. The standard InChI is InChI=1S/C22H22N2O5/c1-13-8-9-14(2)18(12-13)23-20(26)15(3)29-19(25)10-11-24-21(27)16-6-4-5-7-17(16)22(24)28/h4-9,12,15H,10-11H2,1-3H3,(H,23,26)/t15-/m1/s1. The monoisotopic (exact) mass is 394 g/mol. The van der Waals surface area contributed by atoms with Crippen molar-refractivity contribution in [2.45, 2.75) is 33.3 Å². The summed E-state index contributed by atoms with van der Waals surface area (Å²) in [5.41, 5.74) is 3.20. The van der Waals surface area contributed by atoms with Crippen LogP contribution in [0.5, 0.6) is 0 Å². The van der Waals surface area contributed by atoms with Crippen LogP contribution in [0.4, 0.5) is 5.69 Å². The van der Waals surface area contributed by atoms with Crippen LogP contribution in [0.15, 0.2) is 42.5 Å². The zero-order valence-electron chi connectivity index (χ0n) is 16.5. The summed E-state index contributed by atoms with van der Waals surface area (Å²) in [4.78, 5) is 50.1. The molecule has 7 nitrogen and oxygen atoms in total. The van der Waals surface area contributed by atoms with E-state index in [2.05, 4.69) is 5.32 Å². The van der Waals surface area contributed by atoms with E-state index in [1.807, 2.05) is 32.0 Å². The van der Waals surface area contributed by atoms with Crippen molar-refractivity contribution in [3.63, 3.8) is 0 Å². The molecule has 0 radical (unpaired) electrons. The molecule has 0 saturated heterocycles. The SMILES string of the molecule is Cc1ccc(C)c(NC(=O)[C@@H](C)OC(=O)CCN2C(=O)c3ccccc3C2=O)c1. The number of aryl methyl sites for hydroxylation is 2. The average Bonchev–Trinajstić information content (AvgIpc) is 2.93. The highest BCUT2D eigenvalue weighted by Gasteiger charge is 2.35. The predicted octanol–water partition coefficient (Wildman–Crippen LogP) is 2.86. The van der Waals surface area contributed by atoms with Gasteiger partial charge >= 0.3 is 5.97 Å². The Morgan fingerprint density at radius 3 is 2.28 bits per heavy atom. The van der Waals surface area contributed by atoms with E-state index in [0.717, 1.165) is 16.0 Å². The molecule has 1 N–H and O–H groups in total. The number of fused-ring (bicyclic) bond motifs is 1. The molecule has 0 fully saturated rings. The molecule has 3 amide bonds. The summed E-state index contributed by atoms with van der Waals surface area (Å²) in [5.74, 6) is -1.98. The minimum Gasteiger partial charge on any atom is -0.452 e. The topological polar surface area (TPSA) is 92.8 Å². The van der Waals surface area contributed by atoms with Crippen molar-refractivity contribution >= 4 is 29.4 Å². The Bertz CT molecular complexity index is 963. The Kier molecular flexibility index (Phi) is 5.77. The summed E-state index contributed by atoms with van der Waals surface area (Å²) in [7, 11) is 0. The van der Waals surface area contributed by atoms with E-state index in [4.69, 9.17) is 4.74 Å². The van der Waals surface area contributed by atoms with E-state index in [1.54, 1.807) is 24.3 Å². The van der Waals surface area contributed by atoms with E-state index in [-0.39, 0.29) is 13.0 Å². The van der Waals surface area contributed by atoms with Gasteiger partial charge in [-0.05, 0) is 50.1 Å². The molecular weight excluding hydrogens is 372 g/mol. The van der Waals surface area contributed by atoms with Crippen LogP contribution in [0.25, 0.3) is 0 Å². The van der Waals surface area contributed by atoms with Crippen molar-refractivity contribution in [2.75, 3.05) is 11.9 Å². The second kappa shape index (κ2) is 8.26. The normalized spacial score (nSPS) is 13.8. The smallest absolute Gasteiger partial charge is 0.308 e. The summed E-state index contributed by atoms with van der Waals surface area (Å²) in [6.45, 7) is 5.16. The van der Waals surface area contributed by atoms with Crippen LogP contribution in [0.3, 0.4) is 0 Å². The fraction of sp³-hybridized carbons (Fsp3) is 0.273. The van der Waals surface area contributed by atoms with Crippen LogP contribution in [0.2, 0.25) is 0 Å². The minimum absolute atomic E-state index is 0.101. The number of nitrogens with one attached hydrogen (secondary N) is 1. The molecule has 0 spiro atoms. The van der Waals surface area contributed by atoms with E-state index < -0.39 is 29.8 Å². The zero-order chi connectivity index (χ0) is 21.1. The molecule has 0 unspecified atom stereocenters. The van der Waals surface area contributed by atoms with Gasteiger partial charge in [0.1, 0.15) is 0 Å². The lowest BCUT2D eigenvalue weighted by atomic mass is 10.1. The van der Waals surface area contributed by atoms with Gasteiger partial charge in [0.05, 0.1) is 17.5 Å². The van der Waals surface area contributed by atoms with Gasteiger partial charge in [0.25, 0.3) is 17.7 Å². The molecular formula is C22H22N2O5. The quantitative estimate of drug-likeness (QED) is 0.601. The third-order valence-electron chi connectivity index (χ3n) is 4.75. The van der Waals surface area contributed by atoms with Gasteiger partial charge in [0, 0.05) is 12.2 Å². The van der Waals surface area contributed by atoms with Crippen LogP contribution < -0.4 is 5.32 Å². The van der Waals surface area contributed by atoms with Gasteiger partial charge < -0.3 is 10.1 Å². The molecule has 0 bridgehead atoms. The van der Waals surface area contributed by atoms with E-state index in [9.17, 15) is 19.2 Å². The largest absolute Gasteiger partial charge is 0.452 e. The second-order valence-electron chi connectivity index (χ2n) is 7.00. The maximum Gasteiger partial charge on any atom is 0.308 e. The Hall–Kier alpha value is -3.48. The summed E-state index contributed by atoms with van der Waals surface area (Å²) < 4.78 is 5.16. The number of anilines is 1. The number of imide groups is 1. The van der Waals surface area contributed by atoms with Crippen LogP contribution in [-0.2, 0) is 14.3 Å². The third kappa shape index (κ3) is 4.34. The molecule has 1 heterocycles. The van der Waals surface area contributed by atoms with E-state index in [0.29, 0.717) is 16.8 Å². The van der Waals surface area contributed by atoms with Crippen LogP contribution in [0.1, 0.15) is 45.2 Å². The fourth-order valence-electron chi connectivity index (χ4n) is 3.06. The number of rotatable bonds is 6. The van der Waals surface area contributed by atoms with E-state index >= 15 is 0 Å². The molecule has 0 saturated carbocycles. The van der Waals surface area contributed by atoms with Gasteiger partial charge in [-0.1, -0.05) is 24.3 Å². The Labute approximate surface area is 168 Å². The molecule has 29 heavy (non-hydrogen) atoms. The molecule has 7 heteroatoms.